The third-order valence-corrected chi connectivity index (χ3v) is 2.47. The number of amides is 1. The van der Waals surface area contributed by atoms with Crippen LogP contribution in [0.3, 0.4) is 0 Å². The van der Waals surface area contributed by atoms with Crippen molar-refractivity contribution < 1.29 is 9.90 Å². The number of rotatable bonds is 5. The molecule has 0 saturated heterocycles. The van der Waals surface area contributed by atoms with Gasteiger partial charge < -0.3 is 15.4 Å². The molecule has 0 bridgehead atoms. The van der Waals surface area contributed by atoms with Crippen molar-refractivity contribution in [2.45, 2.75) is 39.2 Å². The molecule has 4 nitrogen and oxygen atoms in total. The van der Waals surface area contributed by atoms with Gasteiger partial charge in [-0.25, -0.2) is 0 Å². The summed E-state index contributed by atoms with van der Waals surface area (Å²) in [6, 6.07) is 1.24. The predicted octanol–water partition coefficient (Wildman–Crippen LogP) is 1.58. The highest BCUT2D eigenvalue weighted by Crippen LogP contribution is 2.23. The highest BCUT2D eigenvalue weighted by atomic mass is 16.3. The molecule has 1 aromatic heterocycles. The van der Waals surface area contributed by atoms with E-state index in [1.165, 1.54) is 0 Å². The SMILES string of the molecule is CCCc1cc(O)n([C@@H](CC)C(N)=O)c1. The average molecular weight is 210 g/mol. The van der Waals surface area contributed by atoms with E-state index in [9.17, 15) is 9.90 Å². The Morgan fingerprint density at radius 3 is 2.73 bits per heavy atom. The van der Waals surface area contributed by atoms with Crippen molar-refractivity contribution in [2.24, 2.45) is 5.73 Å². The van der Waals surface area contributed by atoms with Gasteiger partial charge in [-0.15, -0.1) is 0 Å². The molecule has 84 valence electrons. The smallest absolute Gasteiger partial charge is 0.240 e. The molecule has 15 heavy (non-hydrogen) atoms. The maximum atomic E-state index is 11.1. The van der Waals surface area contributed by atoms with Gasteiger partial charge in [0.2, 0.25) is 5.91 Å². The number of carbonyl (C=O) groups is 1. The van der Waals surface area contributed by atoms with Crippen LogP contribution in [0.4, 0.5) is 0 Å². The summed E-state index contributed by atoms with van der Waals surface area (Å²) in [7, 11) is 0. The lowest BCUT2D eigenvalue weighted by molar-refractivity contribution is -0.121. The van der Waals surface area contributed by atoms with E-state index >= 15 is 0 Å². The van der Waals surface area contributed by atoms with Gasteiger partial charge in [0.05, 0.1) is 0 Å². The lowest BCUT2D eigenvalue weighted by Gasteiger charge is -2.13. The summed E-state index contributed by atoms with van der Waals surface area (Å²) in [6.07, 6.45) is 4.30. The molecule has 1 heterocycles. The van der Waals surface area contributed by atoms with Gasteiger partial charge >= 0.3 is 0 Å². The third-order valence-electron chi connectivity index (χ3n) is 2.47. The lowest BCUT2D eigenvalue weighted by Crippen LogP contribution is -2.25. The van der Waals surface area contributed by atoms with Gasteiger partial charge in [0.15, 0.2) is 5.88 Å². The largest absolute Gasteiger partial charge is 0.494 e. The topological polar surface area (TPSA) is 68.2 Å². The Kier molecular flexibility index (Phi) is 3.77. The van der Waals surface area contributed by atoms with Crippen LogP contribution in [0.2, 0.25) is 0 Å². The van der Waals surface area contributed by atoms with E-state index in [2.05, 4.69) is 6.92 Å². The Morgan fingerprint density at radius 2 is 2.27 bits per heavy atom. The summed E-state index contributed by atoms with van der Waals surface area (Å²) >= 11 is 0. The van der Waals surface area contributed by atoms with Crippen molar-refractivity contribution in [3.8, 4) is 5.88 Å². The van der Waals surface area contributed by atoms with Gasteiger partial charge in [-0.1, -0.05) is 20.3 Å². The molecule has 1 amide bonds. The van der Waals surface area contributed by atoms with Crippen molar-refractivity contribution in [1.29, 1.82) is 0 Å². The van der Waals surface area contributed by atoms with Crippen LogP contribution in [0.5, 0.6) is 5.88 Å². The second-order valence-corrected chi connectivity index (χ2v) is 3.69. The van der Waals surface area contributed by atoms with Crippen LogP contribution in [-0.4, -0.2) is 15.6 Å². The average Bonchev–Trinajstić information content (AvgIpc) is 2.49. The van der Waals surface area contributed by atoms with Crippen LogP contribution >= 0.6 is 0 Å². The summed E-state index contributed by atoms with van der Waals surface area (Å²) in [6.45, 7) is 3.94. The Morgan fingerprint density at radius 1 is 1.60 bits per heavy atom. The molecular formula is C11H18N2O2. The van der Waals surface area contributed by atoms with Crippen LogP contribution in [0.15, 0.2) is 12.3 Å². The number of nitrogens with two attached hydrogens (primary N) is 1. The first-order chi connectivity index (χ1) is 7.10. The van der Waals surface area contributed by atoms with Crippen molar-refractivity contribution in [1.82, 2.24) is 4.57 Å². The maximum Gasteiger partial charge on any atom is 0.240 e. The molecule has 1 atom stereocenters. The Labute approximate surface area is 89.7 Å². The van der Waals surface area contributed by atoms with Crippen LogP contribution in [0.25, 0.3) is 0 Å². The van der Waals surface area contributed by atoms with E-state index in [4.69, 9.17) is 5.73 Å². The number of nitrogens with zero attached hydrogens (tertiary/aromatic N) is 1. The standard InChI is InChI=1S/C11H18N2O2/c1-3-5-8-6-10(14)13(7-8)9(4-2)11(12)15/h6-7,9,14H,3-5H2,1-2H3,(H2,12,15)/t9-/m0/s1. The Hall–Kier alpha value is -1.45. The first kappa shape index (κ1) is 11.6. The quantitative estimate of drug-likeness (QED) is 0.774. The fraction of sp³-hybridized carbons (Fsp3) is 0.545. The van der Waals surface area contributed by atoms with Crippen molar-refractivity contribution in [3.05, 3.63) is 17.8 Å². The zero-order valence-corrected chi connectivity index (χ0v) is 9.23. The van der Waals surface area contributed by atoms with Gasteiger partial charge in [-0.3, -0.25) is 4.79 Å². The molecule has 0 radical (unpaired) electrons. The number of aromatic hydroxyl groups is 1. The Balaban J connectivity index is 2.96. The summed E-state index contributed by atoms with van der Waals surface area (Å²) in [4.78, 5) is 11.1. The Bertz CT molecular complexity index is 344. The minimum absolute atomic E-state index is 0.115. The van der Waals surface area contributed by atoms with Gasteiger partial charge in [0.25, 0.3) is 0 Å². The minimum Gasteiger partial charge on any atom is -0.494 e. The number of aryl methyl sites for hydroxylation is 1. The summed E-state index contributed by atoms with van der Waals surface area (Å²) in [5.74, 6) is -0.296. The van der Waals surface area contributed by atoms with Gasteiger partial charge in [-0.05, 0) is 18.4 Å². The lowest BCUT2D eigenvalue weighted by atomic mass is 10.2. The number of carbonyl (C=O) groups excluding carboxylic acids is 1. The second kappa shape index (κ2) is 4.87. The van der Waals surface area contributed by atoms with Crippen molar-refractivity contribution in [3.63, 3.8) is 0 Å². The highest BCUT2D eigenvalue weighted by Gasteiger charge is 2.18. The van der Waals surface area contributed by atoms with Gasteiger partial charge in [0.1, 0.15) is 6.04 Å². The molecule has 3 N–H and O–H groups in total. The van der Waals surface area contributed by atoms with Crippen LogP contribution < -0.4 is 5.73 Å². The molecule has 0 saturated carbocycles. The first-order valence-electron chi connectivity index (χ1n) is 5.29. The number of hydrogen-bond acceptors (Lipinski definition) is 2. The van der Waals surface area contributed by atoms with Gasteiger partial charge in [-0.2, -0.15) is 0 Å². The molecule has 0 aliphatic rings. The maximum absolute atomic E-state index is 11.1. The summed E-state index contributed by atoms with van der Waals surface area (Å²) in [5.41, 5.74) is 6.30. The van der Waals surface area contributed by atoms with Crippen molar-refractivity contribution in [2.75, 3.05) is 0 Å². The molecular weight excluding hydrogens is 192 g/mol. The molecule has 1 aromatic rings. The molecule has 0 spiro atoms. The van der Waals surface area contributed by atoms with E-state index in [-0.39, 0.29) is 5.88 Å². The van der Waals surface area contributed by atoms with Crippen LogP contribution in [-0.2, 0) is 11.2 Å². The summed E-state index contributed by atoms with van der Waals surface area (Å²) < 4.78 is 1.55. The zero-order valence-electron chi connectivity index (χ0n) is 9.23. The van der Waals surface area contributed by atoms with Crippen LogP contribution in [0, 0.1) is 0 Å². The van der Waals surface area contributed by atoms with E-state index in [1.807, 2.05) is 6.92 Å². The van der Waals surface area contributed by atoms with E-state index in [1.54, 1.807) is 16.8 Å². The molecule has 0 aliphatic heterocycles. The van der Waals surface area contributed by atoms with Crippen molar-refractivity contribution >= 4 is 5.91 Å². The first-order valence-corrected chi connectivity index (χ1v) is 5.29. The normalized spacial score (nSPS) is 12.7. The van der Waals surface area contributed by atoms with E-state index in [0.29, 0.717) is 6.42 Å². The molecule has 1 rings (SSSR count). The number of aromatic nitrogens is 1. The molecule has 0 aromatic carbocycles. The predicted molar refractivity (Wildman–Crippen MR) is 58.6 cm³/mol. The molecule has 4 heteroatoms. The van der Waals surface area contributed by atoms with Gasteiger partial charge in [0, 0.05) is 12.3 Å². The molecule has 0 fully saturated rings. The fourth-order valence-electron chi connectivity index (χ4n) is 1.73. The fourth-order valence-corrected chi connectivity index (χ4v) is 1.73. The number of primary amides is 1. The zero-order chi connectivity index (χ0) is 11.4. The second-order valence-electron chi connectivity index (χ2n) is 3.69. The molecule has 0 aliphatic carbocycles. The summed E-state index contributed by atoms with van der Waals surface area (Å²) in [5, 5.41) is 9.66. The minimum atomic E-state index is -0.449. The monoisotopic (exact) mass is 210 g/mol. The third kappa shape index (κ3) is 2.52. The van der Waals surface area contributed by atoms with E-state index in [0.717, 1.165) is 18.4 Å². The molecule has 0 unspecified atom stereocenters. The number of hydrogen-bond donors (Lipinski definition) is 2. The van der Waals surface area contributed by atoms with Crippen LogP contribution in [0.1, 0.15) is 38.3 Å². The highest BCUT2D eigenvalue weighted by molar-refractivity contribution is 5.78. The van der Waals surface area contributed by atoms with E-state index < -0.39 is 11.9 Å².